The van der Waals surface area contributed by atoms with Gasteiger partial charge in [0.2, 0.25) is 5.95 Å². The topological polar surface area (TPSA) is 47.5 Å². The first kappa shape index (κ1) is 25.0. The predicted molar refractivity (Wildman–Crippen MR) is 143 cm³/mol. The number of anilines is 2. The van der Waals surface area contributed by atoms with Crippen LogP contribution in [-0.4, -0.2) is 59.0 Å². The highest BCUT2D eigenvalue weighted by atomic mass is 35.5. The minimum absolute atomic E-state index is 0.100. The Kier molecular flexibility index (Phi) is 8.12. The lowest BCUT2D eigenvalue weighted by Gasteiger charge is -2.37. The Morgan fingerprint density at radius 2 is 1.88 bits per heavy atom. The smallest absolute Gasteiger partial charge is 0.227 e. The number of benzene rings is 1. The summed E-state index contributed by atoms with van der Waals surface area (Å²) < 4.78 is 0. The Hall–Kier alpha value is -2.15. The molecule has 0 bridgehead atoms. The molecule has 4 rings (SSSR count). The lowest BCUT2D eigenvalue weighted by atomic mass is 10.1. The Morgan fingerprint density at radius 3 is 2.56 bits per heavy atom. The van der Waals surface area contributed by atoms with E-state index in [4.69, 9.17) is 39.8 Å². The third kappa shape index (κ3) is 5.91. The summed E-state index contributed by atoms with van der Waals surface area (Å²) >= 11 is 18.8. The van der Waals surface area contributed by atoms with Crippen molar-refractivity contribution in [3.05, 3.63) is 69.6 Å². The molecule has 2 aliphatic rings. The summed E-state index contributed by atoms with van der Waals surface area (Å²) in [5, 5.41) is 5.04. The van der Waals surface area contributed by atoms with Gasteiger partial charge in [-0.3, -0.25) is 0 Å². The Balaban J connectivity index is 1.34. The molecule has 2 aromatic rings. The Labute approximate surface area is 217 Å². The maximum absolute atomic E-state index is 6.41. The molecule has 6 nitrogen and oxygen atoms in total. The van der Waals surface area contributed by atoms with Crippen molar-refractivity contribution in [2.24, 2.45) is 0 Å². The van der Waals surface area contributed by atoms with Crippen LogP contribution in [-0.2, 0) is 0 Å². The molecular weight excluding hydrogens is 491 g/mol. The zero-order valence-electron chi connectivity index (χ0n) is 19.5. The number of rotatable bonds is 8. The Morgan fingerprint density at radius 1 is 1.12 bits per heavy atom. The molecule has 1 atom stereocenters. The number of nitrogens with one attached hydrogen (secondary N) is 1. The van der Waals surface area contributed by atoms with Gasteiger partial charge in [0.15, 0.2) is 5.82 Å². The number of hydrogen-bond donors (Lipinski definition) is 1. The minimum Gasteiger partial charge on any atom is -0.375 e. The van der Waals surface area contributed by atoms with Crippen LogP contribution in [0.2, 0.25) is 15.1 Å². The summed E-state index contributed by atoms with van der Waals surface area (Å²) in [7, 11) is 0. The second kappa shape index (κ2) is 11.1. The van der Waals surface area contributed by atoms with Gasteiger partial charge in [0.25, 0.3) is 0 Å². The van der Waals surface area contributed by atoms with Crippen LogP contribution in [0.4, 0.5) is 11.8 Å². The van der Waals surface area contributed by atoms with Crippen molar-refractivity contribution in [3.63, 3.8) is 0 Å². The number of nitrogens with zero attached hydrogens (tertiary/aromatic N) is 5. The van der Waals surface area contributed by atoms with Gasteiger partial charge in [0.1, 0.15) is 5.02 Å². The third-order valence-corrected chi connectivity index (χ3v) is 7.37. The summed E-state index contributed by atoms with van der Waals surface area (Å²) in [4.78, 5) is 16.1. The quantitative estimate of drug-likeness (QED) is 0.443. The predicted octanol–water partition coefficient (Wildman–Crippen LogP) is 6.25. The van der Waals surface area contributed by atoms with E-state index < -0.39 is 0 Å². The monoisotopic (exact) mass is 520 g/mol. The minimum atomic E-state index is -0.100. The maximum Gasteiger partial charge on any atom is 0.227 e. The van der Waals surface area contributed by atoms with Crippen molar-refractivity contribution >= 4 is 46.6 Å². The van der Waals surface area contributed by atoms with Gasteiger partial charge in [-0.25, -0.2) is 4.98 Å². The van der Waals surface area contributed by atoms with E-state index in [1.54, 1.807) is 12.3 Å². The van der Waals surface area contributed by atoms with Gasteiger partial charge in [0.05, 0.1) is 12.2 Å². The summed E-state index contributed by atoms with van der Waals surface area (Å²) in [6, 6.07) is 5.36. The summed E-state index contributed by atoms with van der Waals surface area (Å²) in [5.74, 6) is 1.25. The number of allylic oxidation sites excluding steroid dienone is 1. The van der Waals surface area contributed by atoms with Crippen molar-refractivity contribution in [3.8, 4) is 0 Å². The largest absolute Gasteiger partial charge is 0.375 e. The van der Waals surface area contributed by atoms with E-state index in [2.05, 4.69) is 38.2 Å². The highest BCUT2D eigenvalue weighted by Gasteiger charge is 2.22. The molecule has 0 spiro atoms. The first-order chi connectivity index (χ1) is 16.3. The first-order valence-corrected chi connectivity index (χ1v) is 12.8. The van der Waals surface area contributed by atoms with Gasteiger partial charge >= 0.3 is 0 Å². The molecule has 34 heavy (non-hydrogen) atoms. The van der Waals surface area contributed by atoms with Gasteiger partial charge < -0.3 is 20.0 Å². The van der Waals surface area contributed by atoms with Crippen LogP contribution in [0.15, 0.2) is 48.9 Å². The highest BCUT2D eigenvalue weighted by molar-refractivity contribution is 6.35. The zero-order chi connectivity index (χ0) is 24.2. The molecule has 182 valence electrons. The van der Waals surface area contributed by atoms with Crippen molar-refractivity contribution in [2.45, 2.75) is 32.2 Å². The van der Waals surface area contributed by atoms with Crippen LogP contribution in [0, 0.1) is 0 Å². The second-order valence-corrected chi connectivity index (χ2v) is 10.1. The molecule has 0 aliphatic carbocycles. The number of likely N-dealkylation sites (tertiary alicyclic amines) is 1. The molecule has 2 aliphatic heterocycles. The van der Waals surface area contributed by atoms with Gasteiger partial charge in [-0.05, 0) is 37.5 Å². The molecule has 9 heteroatoms. The average molecular weight is 522 g/mol. The lowest BCUT2D eigenvalue weighted by Crippen LogP contribution is -2.46. The van der Waals surface area contributed by atoms with Crippen LogP contribution in [0.25, 0.3) is 0 Å². The van der Waals surface area contributed by atoms with Crippen molar-refractivity contribution in [1.29, 1.82) is 0 Å². The lowest BCUT2D eigenvalue weighted by molar-refractivity contribution is 0.295. The van der Waals surface area contributed by atoms with Gasteiger partial charge in [0, 0.05) is 67.1 Å². The highest BCUT2D eigenvalue weighted by Crippen LogP contribution is 2.31. The second-order valence-electron chi connectivity index (χ2n) is 8.85. The SMILES string of the molecule is C=C1CCCN1CCC(=C)N1CCN(c2ncc(Cl)c(NC(C)c3ccc(Cl)cc3Cl)n2)CC1. The zero-order valence-corrected chi connectivity index (χ0v) is 21.8. The van der Waals surface area contributed by atoms with Crippen molar-refractivity contribution < 1.29 is 0 Å². The Bertz CT molecular complexity index is 1050. The van der Waals surface area contributed by atoms with E-state index in [9.17, 15) is 0 Å². The maximum atomic E-state index is 6.41. The average Bonchev–Trinajstić information content (AvgIpc) is 3.23. The van der Waals surface area contributed by atoms with Crippen LogP contribution in [0.5, 0.6) is 0 Å². The number of aromatic nitrogens is 2. The van der Waals surface area contributed by atoms with Crippen LogP contribution < -0.4 is 10.2 Å². The summed E-state index contributed by atoms with van der Waals surface area (Å²) in [5.41, 5.74) is 3.37. The molecule has 0 radical (unpaired) electrons. The molecule has 2 fully saturated rings. The van der Waals surface area contributed by atoms with E-state index >= 15 is 0 Å². The van der Waals surface area contributed by atoms with Gasteiger partial charge in [-0.2, -0.15) is 4.98 Å². The van der Waals surface area contributed by atoms with E-state index in [1.807, 2.05) is 19.1 Å². The molecule has 0 amide bonds. The molecule has 2 saturated heterocycles. The fourth-order valence-electron chi connectivity index (χ4n) is 4.45. The van der Waals surface area contributed by atoms with E-state index in [0.29, 0.717) is 26.8 Å². The van der Waals surface area contributed by atoms with Gasteiger partial charge in [-0.1, -0.05) is 54.0 Å². The molecule has 1 aromatic carbocycles. The molecule has 1 unspecified atom stereocenters. The summed E-state index contributed by atoms with van der Waals surface area (Å²) in [6.07, 6.45) is 4.95. The van der Waals surface area contributed by atoms with E-state index in [0.717, 1.165) is 57.7 Å². The number of halogens is 3. The number of hydrogen-bond acceptors (Lipinski definition) is 6. The molecular formula is C25H31Cl3N6. The van der Waals surface area contributed by atoms with Crippen LogP contribution in [0.3, 0.4) is 0 Å². The van der Waals surface area contributed by atoms with Crippen molar-refractivity contribution in [2.75, 3.05) is 49.5 Å². The third-order valence-electron chi connectivity index (χ3n) is 6.53. The molecule has 0 saturated carbocycles. The van der Waals surface area contributed by atoms with Gasteiger partial charge in [-0.15, -0.1) is 0 Å². The first-order valence-electron chi connectivity index (χ1n) is 11.7. The standard InChI is InChI=1S/C25H31Cl3N6/c1-17-5-4-9-32(17)10-8-18(2)33-11-13-34(14-12-33)25-29-16-23(28)24(31-25)30-19(3)21-7-6-20(26)15-22(21)27/h6-7,15-16,19H,1-2,4-5,8-14H2,3H3,(H,29,30,31). The van der Waals surface area contributed by atoms with Crippen molar-refractivity contribution in [1.82, 2.24) is 19.8 Å². The van der Waals surface area contributed by atoms with Crippen LogP contribution in [0.1, 0.15) is 37.8 Å². The fraction of sp³-hybridized carbons (Fsp3) is 0.440. The molecule has 3 heterocycles. The van der Waals surface area contributed by atoms with Crippen LogP contribution >= 0.6 is 34.8 Å². The molecule has 1 aromatic heterocycles. The normalized spacial score (nSPS) is 17.3. The number of piperazine rings is 1. The van der Waals surface area contributed by atoms with E-state index in [-0.39, 0.29) is 6.04 Å². The fourth-order valence-corrected chi connectivity index (χ4v) is 5.17. The summed E-state index contributed by atoms with van der Waals surface area (Å²) in [6.45, 7) is 16.1. The van der Waals surface area contributed by atoms with E-state index in [1.165, 1.54) is 17.8 Å². The molecule has 1 N–H and O–H groups in total.